The van der Waals surface area contributed by atoms with Crippen LogP contribution < -0.4 is 4.74 Å². The molecule has 0 unspecified atom stereocenters. The molecule has 3 heterocycles. The molecule has 3 aromatic heterocycles. The highest BCUT2D eigenvalue weighted by atomic mass is 32.1. The summed E-state index contributed by atoms with van der Waals surface area (Å²) in [4.78, 5) is 9.52. The van der Waals surface area contributed by atoms with Crippen LogP contribution in [0.5, 0.6) is 5.19 Å². The van der Waals surface area contributed by atoms with Gasteiger partial charge in [0.2, 0.25) is 4.96 Å². The zero-order valence-corrected chi connectivity index (χ0v) is 11.8. The standard InChI is InChI=1S/C12H7FN4OS2/c1-18-12-16-17-8(5-14-11(17)20-12)10-15-7-3-2-6(13)4-9(7)19-10/h2-5H,1H3. The molecule has 4 aromatic rings. The van der Waals surface area contributed by atoms with Crippen molar-refractivity contribution in [3.8, 4) is 15.9 Å². The number of rotatable bonds is 2. The van der Waals surface area contributed by atoms with Gasteiger partial charge in [0.05, 0.1) is 23.5 Å². The van der Waals surface area contributed by atoms with Crippen molar-refractivity contribution in [3.63, 3.8) is 0 Å². The Balaban J connectivity index is 1.93. The Labute approximate surface area is 120 Å². The van der Waals surface area contributed by atoms with Gasteiger partial charge in [-0.05, 0) is 29.5 Å². The molecule has 5 nitrogen and oxygen atoms in total. The molecule has 0 fully saturated rings. The molecule has 0 aliphatic heterocycles. The third-order valence-electron chi connectivity index (χ3n) is 2.81. The van der Waals surface area contributed by atoms with E-state index in [1.807, 2.05) is 0 Å². The Hall–Kier alpha value is -2.06. The van der Waals surface area contributed by atoms with E-state index in [1.165, 1.54) is 34.8 Å². The average Bonchev–Trinajstić information content (AvgIpc) is 3.09. The molecule has 0 radical (unpaired) electrons. The van der Waals surface area contributed by atoms with E-state index in [1.54, 1.807) is 23.9 Å². The van der Waals surface area contributed by atoms with Crippen LogP contribution in [-0.4, -0.2) is 26.7 Å². The van der Waals surface area contributed by atoms with Crippen LogP contribution in [0.25, 0.3) is 25.9 Å². The fourth-order valence-electron chi connectivity index (χ4n) is 1.91. The molecule has 20 heavy (non-hydrogen) atoms. The van der Waals surface area contributed by atoms with Crippen molar-refractivity contribution in [2.75, 3.05) is 7.11 Å². The number of methoxy groups -OCH3 is 1. The maximum absolute atomic E-state index is 13.2. The van der Waals surface area contributed by atoms with Gasteiger partial charge >= 0.3 is 0 Å². The molecule has 8 heteroatoms. The van der Waals surface area contributed by atoms with E-state index in [0.717, 1.165) is 25.9 Å². The number of hydrogen-bond donors (Lipinski definition) is 0. The summed E-state index contributed by atoms with van der Waals surface area (Å²) in [6.07, 6.45) is 1.71. The molecule has 0 N–H and O–H groups in total. The van der Waals surface area contributed by atoms with Crippen LogP contribution in [0, 0.1) is 5.82 Å². The summed E-state index contributed by atoms with van der Waals surface area (Å²) >= 11 is 2.77. The first-order valence-corrected chi connectivity index (χ1v) is 7.33. The monoisotopic (exact) mass is 306 g/mol. The van der Waals surface area contributed by atoms with Crippen molar-refractivity contribution in [1.82, 2.24) is 19.6 Å². The molecule has 0 aliphatic carbocycles. The second-order valence-electron chi connectivity index (χ2n) is 4.04. The van der Waals surface area contributed by atoms with E-state index < -0.39 is 0 Å². The smallest absolute Gasteiger partial charge is 0.294 e. The predicted molar refractivity (Wildman–Crippen MR) is 76.0 cm³/mol. The maximum atomic E-state index is 13.2. The summed E-state index contributed by atoms with van der Waals surface area (Å²) in [5.74, 6) is -0.263. The number of imidazole rings is 1. The lowest BCUT2D eigenvalue weighted by atomic mass is 10.3. The third kappa shape index (κ3) is 1.69. The first-order valence-electron chi connectivity index (χ1n) is 5.69. The number of aromatic nitrogens is 4. The minimum atomic E-state index is -0.263. The van der Waals surface area contributed by atoms with Crippen molar-refractivity contribution < 1.29 is 9.13 Å². The van der Waals surface area contributed by atoms with E-state index >= 15 is 0 Å². The van der Waals surface area contributed by atoms with Crippen LogP contribution in [0.15, 0.2) is 24.4 Å². The van der Waals surface area contributed by atoms with E-state index in [4.69, 9.17) is 4.74 Å². The highest BCUT2D eigenvalue weighted by molar-refractivity contribution is 7.21. The van der Waals surface area contributed by atoms with Gasteiger partial charge in [0.25, 0.3) is 5.19 Å². The van der Waals surface area contributed by atoms with Crippen molar-refractivity contribution in [2.24, 2.45) is 0 Å². The van der Waals surface area contributed by atoms with Gasteiger partial charge in [0.15, 0.2) is 0 Å². The lowest BCUT2D eigenvalue weighted by Gasteiger charge is -1.91. The summed E-state index contributed by atoms with van der Waals surface area (Å²) < 4.78 is 20.8. The summed E-state index contributed by atoms with van der Waals surface area (Å²) in [6.45, 7) is 0. The Morgan fingerprint density at radius 3 is 3.05 bits per heavy atom. The first kappa shape index (κ1) is 11.7. The van der Waals surface area contributed by atoms with Gasteiger partial charge in [-0.1, -0.05) is 0 Å². The summed E-state index contributed by atoms with van der Waals surface area (Å²) in [5.41, 5.74) is 1.55. The number of fused-ring (bicyclic) bond motifs is 2. The summed E-state index contributed by atoms with van der Waals surface area (Å²) in [5, 5.41) is 5.60. The number of halogens is 1. The minimum absolute atomic E-state index is 0.263. The van der Waals surface area contributed by atoms with Crippen molar-refractivity contribution in [1.29, 1.82) is 0 Å². The van der Waals surface area contributed by atoms with Crippen LogP contribution >= 0.6 is 22.7 Å². The van der Waals surface area contributed by atoms with Crippen LogP contribution in [0.4, 0.5) is 4.39 Å². The second-order valence-corrected chi connectivity index (χ2v) is 5.99. The van der Waals surface area contributed by atoms with Gasteiger partial charge in [-0.2, -0.15) is 4.52 Å². The Morgan fingerprint density at radius 1 is 1.30 bits per heavy atom. The Morgan fingerprint density at radius 2 is 2.20 bits per heavy atom. The molecular formula is C12H7FN4OS2. The fraction of sp³-hybridized carbons (Fsp3) is 0.0833. The molecule has 4 rings (SSSR count). The van der Waals surface area contributed by atoms with E-state index in [2.05, 4.69) is 15.1 Å². The zero-order chi connectivity index (χ0) is 13.7. The van der Waals surface area contributed by atoms with Gasteiger partial charge < -0.3 is 4.74 Å². The molecule has 0 bridgehead atoms. The van der Waals surface area contributed by atoms with E-state index in [9.17, 15) is 4.39 Å². The average molecular weight is 306 g/mol. The number of benzene rings is 1. The topological polar surface area (TPSA) is 52.3 Å². The highest BCUT2D eigenvalue weighted by Gasteiger charge is 2.15. The molecule has 0 saturated carbocycles. The second kappa shape index (κ2) is 4.22. The van der Waals surface area contributed by atoms with Crippen molar-refractivity contribution in [3.05, 3.63) is 30.2 Å². The Bertz CT molecular complexity index is 926. The number of ether oxygens (including phenoxy) is 1. The number of nitrogens with zero attached hydrogens (tertiary/aromatic N) is 4. The van der Waals surface area contributed by atoms with Crippen LogP contribution in [-0.2, 0) is 0 Å². The largest absolute Gasteiger partial charge is 0.472 e. The number of thiazole rings is 1. The minimum Gasteiger partial charge on any atom is -0.472 e. The van der Waals surface area contributed by atoms with Gasteiger partial charge in [-0.15, -0.1) is 16.4 Å². The SMILES string of the molecule is COc1nn2c(-c3nc4ccc(F)cc4s3)cnc2s1. The molecule has 100 valence electrons. The van der Waals surface area contributed by atoms with Crippen LogP contribution in [0.3, 0.4) is 0 Å². The fourth-order valence-corrected chi connectivity index (χ4v) is 3.59. The molecule has 0 aliphatic rings. The Kier molecular flexibility index (Phi) is 2.48. The van der Waals surface area contributed by atoms with Crippen LogP contribution in [0.2, 0.25) is 0 Å². The third-order valence-corrected chi connectivity index (χ3v) is 4.74. The van der Waals surface area contributed by atoms with Gasteiger partial charge in [-0.3, -0.25) is 0 Å². The molecule has 0 atom stereocenters. The molecule has 0 amide bonds. The predicted octanol–water partition coefficient (Wildman–Crippen LogP) is 3.22. The lowest BCUT2D eigenvalue weighted by Crippen LogP contribution is -1.89. The molecule has 1 aromatic carbocycles. The summed E-state index contributed by atoms with van der Waals surface area (Å²) in [6, 6.07) is 4.56. The van der Waals surface area contributed by atoms with Crippen LogP contribution in [0.1, 0.15) is 0 Å². The summed E-state index contributed by atoms with van der Waals surface area (Å²) in [7, 11) is 1.57. The van der Waals surface area contributed by atoms with Gasteiger partial charge in [0.1, 0.15) is 16.5 Å². The first-order chi connectivity index (χ1) is 9.74. The van der Waals surface area contributed by atoms with Crippen molar-refractivity contribution >= 4 is 37.9 Å². The lowest BCUT2D eigenvalue weighted by molar-refractivity contribution is 0.406. The molecule has 0 spiro atoms. The zero-order valence-electron chi connectivity index (χ0n) is 10.2. The quantitative estimate of drug-likeness (QED) is 0.570. The number of hydrogen-bond acceptors (Lipinski definition) is 6. The molecular weight excluding hydrogens is 299 g/mol. The van der Waals surface area contributed by atoms with Gasteiger partial charge in [-0.25, -0.2) is 14.4 Å². The van der Waals surface area contributed by atoms with E-state index in [-0.39, 0.29) is 5.82 Å². The van der Waals surface area contributed by atoms with E-state index in [0.29, 0.717) is 5.19 Å². The highest BCUT2D eigenvalue weighted by Crippen LogP contribution is 2.32. The maximum Gasteiger partial charge on any atom is 0.294 e. The van der Waals surface area contributed by atoms with Gasteiger partial charge in [0, 0.05) is 0 Å². The van der Waals surface area contributed by atoms with Crippen molar-refractivity contribution in [2.45, 2.75) is 0 Å². The molecule has 0 saturated heterocycles. The normalized spacial score (nSPS) is 11.5.